The molecule has 1 unspecified atom stereocenters. The summed E-state index contributed by atoms with van der Waals surface area (Å²) in [4.78, 5) is 12.7. The van der Waals surface area contributed by atoms with E-state index in [1.165, 1.54) is 6.92 Å². The molecule has 0 aromatic carbocycles. The number of hydrogen-bond donors (Lipinski definition) is 3. The Balaban J connectivity index is 3.08. The van der Waals surface area contributed by atoms with Gasteiger partial charge in [-0.15, -0.1) is 0 Å². The molecule has 0 spiro atoms. The topological polar surface area (TPSA) is 108 Å². The number of nitrogens with one attached hydrogen (secondary N) is 1. The third-order valence-corrected chi connectivity index (χ3v) is 1.30. The van der Waals surface area contributed by atoms with E-state index in [1.807, 2.05) is 0 Å². The van der Waals surface area contributed by atoms with Crippen molar-refractivity contribution < 1.29 is 15.1 Å². The summed E-state index contributed by atoms with van der Waals surface area (Å²) in [5.74, 6) is -0.533. The van der Waals surface area contributed by atoms with Crippen LogP contribution in [0.1, 0.15) is 6.92 Å². The lowest BCUT2D eigenvalue weighted by Gasteiger charge is -2.15. The highest BCUT2D eigenvalue weighted by Crippen LogP contribution is 2.11. The Bertz CT molecular complexity index is 282. The zero-order chi connectivity index (χ0) is 9.30. The number of aliphatic hydroxyl groups is 2. The van der Waals surface area contributed by atoms with Crippen LogP contribution in [0.2, 0.25) is 0 Å². The molecule has 0 radical (unpaired) electrons. The van der Waals surface area contributed by atoms with Crippen molar-refractivity contribution in [1.29, 1.82) is 0 Å². The van der Waals surface area contributed by atoms with Gasteiger partial charge in [0.25, 0.3) is 5.88 Å². The van der Waals surface area contributed by atoms with Crippen LogP contribution < -0.4 is 5.32 Å². The minimum Gasteiger partial charge on any atom is -0.488 e. The molecule has 0 saturated carbocycles. The molecule has 0 aromatic rings. The Kier molecular flexibility index (Phi) is 1.96. The first-order valence-electron chi connectivity index (χ1n) is 3.10. The molecule has 0 amide bonds. The van der Waals surface area contributed by atoms with Crippen LogP contribution >= 0.6 is 0 Å². The lowest BCUT2D eigenvalue weighted by Crippen LogP contribution is -2.40. The van der Waals surface area contributed by atoms with Crippen molar-refractivity contribution in [3.8, 4) is 0 Å². The molecule has 0 aliphatic carbocycles. The maximum atomic E-state index is 10.2. The van der Waals surface area contributed by atoms with E-state index in [2.05, 4.69) is 10.3 Å². The molecular weight excluding hydrogens is 166 g/mol. The van der Waals surface area contributed by atoms with Gasteiger partial charge in [0.1, 0.15) is 5.84 Å². The Morgan fingerprint density at radius 3 is 2.75 bits per heavy atom. The maximum Gasteiger partial charge on any atom is 0.356 e. The Morgan fingerprint density at radius 2 is 2.33 bits per heavy atom. The first-order chi connectivity index (χ1) is 5.52. The van der Waals surface area contributed by atoms with Gasteiger partial charge in [0.2, 0.25) is 6.23 Å². The first-order valence-corrected chi connectivity index (χ1v) is 3.10. The van der Waals surface area contributed by atoms with Gasteiger partial charge in [0.15, 0.2) is 0 Å². The number of amidine groups is 1. The average molecular weight is 173 g/mol. The molecule has 1 atom stereocenters. The predicted octanol–water partition coefficient (Wildman–Crippen LogP) is -0.670. The van der Waals surface area contributed by atoms with Gasteiger partial charge in [-0.3, -0.25) is 10.1 Å². The molecule has 1 aliphatic rings. The number of nitro groups is 1. The average Bonchev–Trinajstić information content (AvgIpc) is 1.82. The highest BCUT2D eigenvalue weighted by molar-refractivity contribution is 5.81. The summed E-state index contributed by atoms with van der Waals surface area (Å²) in [6, 6.07) is 0. The van der Waals surface area contributed by atoms with Gasteiger partial charge >= 0.3 is 5.70 Å². The van der Waals surface area contributed by atoms with Gasteiger partial charge in [0, 0.05) is 0 Å². The van der Waals surface area contributed by atoms with Crippen LogP contribution in [-0.2, 0) is 0 Å². The normalized spacial score (nSPS) is 23.2. The number of aliphatic imine (C=N–C) groups is 1. The van der Waals surface area contributed by atoms with E-state index in [4.69, 9.17) is 10.2 Å². The molecular formula is C5H7N3O4. The fourth-order valence-electron chi connectivity index (χ4n) is 0.818. The van der Waals surface area contributed by atoms with Crippen molar-refractivity contribution in [3.05, 3.63) is 21.7 Å². The smallest absolute Gasteiger partial charge is 0.356 e. The molecule has 0 saturated heterocycles. The van der Waals surface area contributed by atoms with Gasteiger partial charge in [-0.05, 0) is 6.92 Å². The zero-order valence-corrected chi connectivity index (χ0v) is 6.18. The van der Waals surface area contributed by atoms with Crippen molar-refractivity contribution in [2.45, 2.75) is 13.2 Å². The second-order valence-electron chi connectivity index (χ2n) is 2.21. The van der Waals surface area contributed by atoms with Crippen LogP contribution in [0.3, 0.4) is 0 Å². The summed E-state index contributed by atoms with van der Waals surface area (Å²) in [7, 11) is 0. The van der Waals surface area contributed by atoms with E-state index in [-0.39, 0.29) is 5.84 Å². The Hall–Kier alpha value is -1.63. The van der Waals surface area contributed by atoms with Gasteiger partial charge in [-0.1, -0.05) is 0 Å². The minimum atomic E-state index is -1.50. The Labute approximate surface area is 67.2 Å². The van der Waals surface area contributed by atoms with Crippen LogP contribution in [-0.4, -0.2) is 27.2 Å². The molecule has 66 valence electrons. The maximum absolute atomic E-state index is 10.2. The van der Waals surface area contributed by atoms with Gasteiger partial charge < -0.3 is 15.5 Å². The van der Waals surface area contributed by atoms with E-state index < -0.39 is 22.7 Å². The summed E-state index contributed by atoms with van der Waals surface area (Å²) in [6.07, 6.45) is -1.50. The summed E-state index contributed by atoms with van der Waals surface area (Å²) in [6.45, 7) is 1.47. The number of nitrogens with zero attached hydrogens (tertiary/aromatic N) is 2. The molecule has 12 heavy (non-hydrogen) atoms. The SMILES string of the molecule is CC1=NC(O)=C([N+](=O)[O-])C(O)N1. The van der Waals surface area contributed by atoms with E-state index in [0.29, 0.717) is 0 Å². The van der Waals surface area contributed by atoms with Crippen molar-refractivity contribution in [2.24, 2.45) is 4.99 Å². The molecule has 7 heteroatoms. The Morgan fingerprint density at radius 1 is 1.75 bits per heavy atom. The van der Waals surface area contributed by atoms with Crippen LogP contribution in [0.15, 0.2) is 16.6 Å². The molecule has 3 N–H and O–H groups in total. The number of rotatable bonds is 1. The van der Waals surface area contributed by atoms with Crippen molar-refractivity contribution in [2.75, 3.05) is 0 Å². The molecule has 0 bridgehead atoms. The highest BCUT2D eigenvalue weighted by atomic mass is 16.6. The lowest BCUT2D eigenvalue weighted by atomic mass is 10.3. The quantitative estimate of drug-likeness (QED) is 0.360. The summed E-state index contributed by atoms with van der Waals surface area (Å²) >= 11 is 0. The van der Waals surface area contributed by atoms with Crippen molar-refractivity contribution in [3.63, 3.8) is 0 Å². The summed E-state index contributed by atoms with van der Waals surface area (Å²) < 4.78 is 0. The second-order valence-corrected chi connectivity index (χ2v) is 2.21. The van der Waals surface area contributed by atoms with Gasteiger partial charge in [-0.25, -0.2) is 0 Å². The lowest BCUT2D eigenvalue weighted by molar-refractivity contribution is -0.440. The van der Waals surface area contributed by atoms with Crippen LogP contribution in [0.25, 0.3) is 0 Å². The molecule has 0 aromatic heterocycles. The fourth-order valence-corrected chi connectivity index (χ4v) is 0.818. The molecule has 0 fully saturated rings. The van der Waals surface area contributed by atoms with E-state index in [1.54, 1.807) is 0 Å². The number of hydrogen-bond acceptors (Lipinski definition) is 6. The predicted molar refractivity (Wildman–Crippen MR) is 38.9 cm³/mol. The fraction of sp³-hybridized carbons (Fsp3) is 0.400. The molecule has 1 aliphatic heterocycles. The van der Waals surface area contributed by atoms with Crippen LogP contribution in [0.4, 0.5) is 0 Å². The zero-order valence-electron chi connectivity index (χ0n) is 6.18. The van der Waals surface area contributed by atoms with E-state index in [9.17, 15) is 10.1 Å². The van der Waals surface area contributed by atoms with Crippen molar-refractivity contribution in [1.82, 2.24) is 5.32 Å². The van der Waals surface area contributed by atoms with Gasteiger partial charge in [-0.2, -0.15) is 4.99 Å². The molecule has 1 heterocycles. The van der Waals surface area contributed by atoms with Crippen LogP contribution in [0, 0.1) is 10.1 Å². The largest absolute Gasteiger partial charge is 0.488 e. The minimum absolute atomic E-state index is 0.227. The summed E-state index contributed by atoms with van der Waals surface area (Å²) in [5.41, 5.74) is -0.736. The van der Waals surface area contributed by atoms with Gasteiger partial charge in [0.05, 0.1) is 4.92 Å². The van der Waals surface area contributed by atoms with Crippen LogP contribution in [0.5, 0.6) is 0 Å². The summed E-state index contributed by atoms with van der Waals surface area (Å²) in [5, 5.41) is 30.4. The third kappa shape index (κ3) is 1.35. The van der Waals surface area contributed by atoms with Crippen molar-refractivity contribution >= 4 is 5.84 Å². The van der Waals surface area contributed by atoms with E-state index in [0.717, 1.165) is 0 Å². The molecule has 1 rings (SSSR count). The second kappa shape index (κ2) is 2.78. The molecule has 7 nitrogen and oxygen atoms in total. The number of aliphatic hydroxyl groups excluding tert-OH is 2. The standard InChI is InChI=1S/C5H7N3O4/c1-2-6-4(9)3(8(11)12)5(10)7-2/h4,9-10H,1H3,(H,6,7). The first kappa shape index (κ1) is 8.47. The third-order valence-electron chi connectivity index (χ3n) is 1.30. The highest BCUT2D eigenvalue weighted by Gasteiger charge is 2.31. The monoisotopic (exact) mass is 173 g/mol. The van der Waals surface area contributed by atoms with E-state index >= 15 is 0 Å².